The average Bonchev–Trinajstić information content (AvgIpc) is 2.44. The fourth-order valence-corrected chi connectivity index (χ4v) is 2.21. The zero-order chi connectivity index (χ0) is 15.4. The molecule has 0 aliphatic heterocycles. The highest BCUT2D eigenvalue weighted by molar-refractivity contribution is 9.10. The van der Waals surface area contributed by atoms with Crippen LogP contribution in [0.1, 0.15) is 16.7 Å². The van der Waals surface area contributed by atoms with Gasteiger partial charge >= 0.3 is 6.03 Å². The minimum absolute atomic E-state index is 0.341. The van der Waals surface area contributed by atoms with Crippen molar-refractivity contribution in [1.29, 1.82) is 5.26 Å². The minimum atomic E-state index is -0.341. The maximum Gasteiger partial charge on any atom is 0.323 e. The highest BCUT2D eigenvalue weighted by Gasteiger charge is 2.06. The molecule has 0 heterocycles. The van der Waals surface area contributed by atoms with Crippen LogP contribution < -0.4 is 10.6 Å². The number of urea groups is 1. The van der Waals surface area contributed by atoms with Crippen molar-refractivity contribution >= 4 is 33.3 Å². The fraction of sp³-hybridized carbons (Fsp3) is 0.125. The molecular weight excluding hydrogens is 330 g/mol. The van der Waals surface area contributed by atoms with Crippen LogP contribution in [0.2, 0.25) is 0 Å². The molecule has 0 aromatic heterocycles. The number of carbonyl (C=O) groups is 1. The van der Waals surface area contributed by atoms with E-state index in [1.54, 1.807) is 24.3 Å². The van der Waals surface area contributed by atoms with Crippen molar-refractivity contribution < 1.29 is 4.79 Å². The van der Waals surface area contributed by atoms with E-state index in [-0.39, 0.29) is 6.03 Å². The standard InChI is InChI=1S/C16H14BrN3O/c1-10-6-14(7-11(2)15(10)17)20-16(21)19-13-5-3-4-12(8-13)9-18/h3-8H,1-2H3,(H2,19,20,21). The molecule has 2 rings (SSSR count). The molecule has 0 fully saturated rings. The monoisotopic (exact) mass is 343 g/mol. The van der Waals surface area contributed by atoms with Gasteiger partial charge in [0.2, 0.25) is 0 Å². The molecule has 0 saturated carbocycles. The highest BCUT2D eigenvalue weighted by Crippen LogP contribution is 2.25. The molecule has 0 aliphatic carbocycles. The first kappa shape index (κ1) is 15.1. The maximum atomic E-state index is 12.0. The van der Waals surface area contributed by atoms with Crippen molar-refractivity contribution in [3.8, 4) is 6.07 Å². The molecule has 0 radical (unpaired) electrons. The van der Waals surface area contributed by atoms with Crippen molar-refractivity contribution in [1.82, 2.24) is 0 Å². The number of aryl methyl sites for hydroxylation is 2. The Morgan fingerprint density at radius 2 is 1.71 bits per heavy atom. The first-order valence-corrected chi connectivity index (χ1v) is 7.14. The number of rotatable bonds is 2. The number of halogens is 1. The van der Waals surface area contributed by atoms with Gasteiger partial charge in [0.15, 0.2) is 0 Å². The van der Waals surface area contributed by atoms with Gasteiger partial charge in [-0.1, -0.05) is 22.0 Å². The molecule has 0 saturated heterocycles. The van der Waals surface area contributed by atoms with E-state index < -0.39 is 0 Å². The Balaban J connectivity index is 2.10. The highest BCUT2D eigenvalue weighted by atomic mass is 79.9. The van der Waals surface area contributed by atoms with Crippen LogP contribution in [0, 0.1) is 25.2 Å². The van der Waals surface area contributed by atoms with Crippen LogP contribution in [0.5, 0.6) is 0 Å². The van der Waals surface area contributed by atoms with Crippen molar-refractivity contribution in [2.45, 2.75) is 13.8 Å². The molecule has 106 valence electrons. The Morgan fingerprint density at radius 1 is 1.10 bits per heavy atom. The van der Waals surface area contributed by atoms with E-state index in [4.69, 9.17) is 5.26 Å². The average molecular weight is 344 g/mol. The lowest BCUT2D eigenvalue weighted by atomic mass is 10.1. The largest absolute Gasteiger partial charge is 0.323 e. The summed E-state index contributed by atoms with van der Waals surface area (Å²) in [6, 6.07) is 12.2. The van der Waals surface area contributed by atoms with Crippen molar-refractivity contribution in [3.63, 3.8) is 0 Å². The number of amides is 2. The number of nitrogens with zero attached hydrogens (tertiary/aromatic N) is 1. The normalized spacial score (nSPS) is 9.81. The third kappa shape index (κ3) is 3.83. The van der Waals surface area contributed by atoms with Gasteiger partial charge in [-0.05, 0) is 55.3 Å². The molecule has 0 bridgehead atoms. The SMILES string of the molecule is Cc1cc(NC(=O)Nc2cccc(C#N)c2)cc(C)c1Br. The number of hydrogen-bond donors (Lipinski definition) is 2. The van der Waals surface area contributed by atoms with E-state index in [2.05, 4.69) is 26.6 Å². The second-order valence-electron chi connectivity index (χ2n) is 4.70. The van der Waals surface area contributed by atoms with E-state index in [1.165, 1.54) is 0 Å². The quantitative estimate of drug-likeness (QED) is 0.837. The minimum Gasteiger partial charge on any atom is -0.308 e. The number of hydrogen-bond acceptors (Lipinski definition) is 2. The Bertz CT molecular complexity index is 712. The van der Waals surface area contributed by atoms with E-state index in [9.17, 15) is 4.79 Å². The van der Waals surface area contributed by atoms with Gasteiger partial charge in [-0.15, -0.1) is 0 Å². The first-order chi connectivity index (χ1) is 9.99. The molecule has 2 N–H and O–H groups in total. The molecular formula is C16H14BrN3O. The Labute approximate surface area is 131 Å². The third-order valence-corrected chi connectivity index (χ3v) is 4.19. The number of benzene rings is 2. The summed E-state index contributed by atoms with van der Waals surface area (Å²) in [4.78, 5) is 12.0. The van der Waals surface area contributed by atoms with Crippen LogP contribution in [-0.2, 0) is 0 Å². The zero-order valence-electron chi connectivity index (χ0n) is 11.7. The summed E-state index contributed by atoms with van der Waals surface area (Å²) in [5, 5.41) is 14.3. The summed E-state index contributed by atoms with van der Waals surface area (Å²) in [6.45, 7) is 3.94. The molecule has 0 unspecified atom stereocenters. The number of anilines is 2. The molecule has 5 heteroatoms. The summed E-state index contributed by atoms with van der Waals surface area (Å²) in [5.41, 5.74) is 3.91. The second-order valence-corrected chi connectivity index (χ2v) is 5.49. The molecule has 2 aromatic rings. The zero-order valence-corrected chi connectivity index (χ0v) is 13.3. The predicted molar refractivity (Wildman–Crippen MR) is 87.4 cm³/mol. The van der Waals surface area contributed by atoms with Crippen LogP contribution in [0.3, 0.4) is 0 Å². The topological polar surface area (TPSA) is 64.9 Å². The number of carbonyl (C=O) groups excluding carboxylic acids is 1. The number of nitrogens with one attached hydrogen (secondary N) is 2. The van der Waals surface area contributed by atoms with Gasteiger partial charge in [-0.3, -0.25) is 0 Å². The first-order valence-electron chi connectivity index (χ1n) is 6.34. The van der Waals surface area contributed by atoms with Crippen LogP contribution >= 0.6 is 15.9 Å². The van der Waals surface area contributed by atoms with Gasteiger partial charge in [-0.2, -0.15) is 5.26 Å². The van der Waals surface area contributed by atoms with E-state index >= 15 is 0 Å². The van der Waals surface area contributed by atoms with Crippen LogP contribution in [-0.4, -0.2) is 6.03 Å². The van der Waals surface area contributed by atoms with Crippen LogP contribution in [0.4, 0.5) is 16.2 Å². The number of nitriles is 1. The van der Waals surface area contributed by atoms with E-state index in [0.717, 1.165) is 21.3 Å². The van der Waals surface area contributed by atoms with Gasteiger partial charge < -0.3 is 10.6 Å². The molecule has 4 nitrogen and oxygen atoms in total. The molecule has 0 spiro atoms. The third-order valence-electron chi connectivity index (χ3n) is 2.94. The Morgan fingerprint density at radius 3 is 2.33 bits per heavy atom. The predicted octanol–water partition coefficient (Wildman–Crippen LogP) is 4.58. The smallest absolute Gasteiger partial charge is 0.308 e. The summed E-state index contributed by atoms with van der Waals surface area (Å²) >= 11 is 3.49. The second kappa shape index (κ2) is 6.42. The van der Waals surface area contributed by atoms with Gasteiger partial charge in [0.05, 0.1) is 11.6 Å². The molecule has 0 atom stereocenters. The summed E-state index contributed by atoms with van der Waals surface area (Å²) in [5.74, 6) is 0. The van der Waals surface area contributed by atoms with E-state index in [0.29, 0.717) is 11.3 Å². The summed E-state index contributed by atoms with van der Waals surface area (Å²) < 4.78 is 1.04. The summed E-state index contributed by atoms with van der Waals surface area (Å²) in [7, 11) is 0. The Hall–Kier alpha value is -2.32. The van der Waals surface area contributed by atoms with Crippen LogP contribution in [0.25, 0.3) is 0 Å². The lowest BCUT2D eigenvalue weighted by Crippen LogP contribution is -2.19. The molecule has 2 amide bonds. The lowest BCUT2D eigenvalue weighted by molar-refractivity contribution is 0.262. The molecule has 0 aliphatic rings. The van der Waals surface area contributed by atoms with Crippen molar-refractivity contribution in [3.05, 3.63) is 57.6 Å². The van der Waals surface area contributed by atoms with E-state index in [1.807, 2.05) is 32.0 Å². The van der Waals surface area contributed by atoms with Gasteiger partial charge in [0, 0.05) is 15.8 Å². The summed E-state index contributed by atoms with van der Waals surface area (Å²) in [6.07, 6.45) is 0. The van der Waals surface area contributed by atoms with Crippen molar-refractivity contribution in [2.75, 3.05) is 10.6 Å². The van der Waals surface area contributed by atoms with Crippen LogP contribution in [0.15, 0.2) is 40.9 Å². The van der Waals surface area contributed by atoms with Crippen molar-refractivity contribution in [2.24, 2.45) is 0 Å². The Kier molecular flexibility index (Phi) is 4.61. The van der Waals surface area contributed by atoms with Gasteiger partial charge in [0.25, 0.3) is 0 Å². The maximum absolute atomic E-state index is 12.0. The van der Waals surface area contributed by atoms with Gasteiger partial charge in [0.1, 0.15) is 0 Å². The fourth-order valence-electron chi connectivity index (χ4n) is 1.98. The molecule has 2 aromatic carbocycles. The molecule has 21 heavy (non-hydrogen) atoms. The van der Waals surface area contributed by atoms with Gasteiger partial charge in [-0.25, -0.2) is 4.79 Å². The lowest BCUT2D eigenvalue weighted by Gasteiger charge is -2.11.